The fourth-order valence-corrected chi connectivity index (χ4v) is 3.07. The van der Waals surface area contributed by atoms with Crippen LogP contribution in [0, 0.1) is 0 Å². The van der Waals surface area contributed by atoms with Gasteiger partial charge in [-0.15, -0.1) is 11.3 Å². The van der Waals surface area contributed by atoms with Crippen LogP contribution in [-0.4, -0.2) is 37.4 Å². The van der Waals surface area contributed by atoms with Crippen LogP contribution in [0.4, 0.5) is 4.79 Å². The van der Waals surface area contributed by atoms with Gasteiger partial charge >= 0.3 is 6.03 Å². The fraction of sp³-hybridized carbons (Fsp3) is 0.389. The number of hydrogen-bond acceptors (Lipinski definition) is 4. The van der Waals surface area contributed by atoms with Gasteiger partial charge in [0.25, 0.3) is 0 Å². The quantitative estimate of drug-likeness (QED) is 0.578. The van der Waals surface area contributed by atoms with Crippen molar-refractivity contribution in [3.05, 3.63) is 58.3 Å². The summed E-state index contributed by atoms with van der Waals surface area (Å²) in [5, 5.41) is 16.6. The maximum Gasteiger partial charge on any atom is 0.314 e. The number of amides is 2. The molecule has 0 aliphatic carbocycles. The molecule has 0 bridgehead atoms. The summed E-state index contributed by atoms with van der Waals surface area (Å²) in [6.45, 7) is 1.23. The third-order valence-corrected chi connectivity index (χ3v) is 4.45. The largest absolute Gasteiger partial charge is 0.394 e. The van der Waals surface area contributed by atoms with E-state index < -0.39 is 0 Å². The molecular weight excluding hydrogens is 324 g/mol. The predicted molar refractivity (Wildman–Crippen MR) is 96.3 cm³/mol. The summed E-state index contributed by atoms with van der Waals surface area (Å²) < 4.78 is 5.59. The molecule has 0 aliphatic heterocycles. The molecule has 130 valence electrons. The first-order chi connectivity index (χ1) is 11.8. The summed E-state index contributed by atoms with van der Waals surface area (Å²) in [5.41, 5.74) is 1.27. The van der Waals surface area contributed by atoms with E-state index in [4.69, 9.17) is 9.84 Å². The number of ether oxygens (including phenoxy) is 1. The van der Waals surface area contributed by atoms with Crippen LogP contribution < -0.4 is 10.6 Å². The number of hydrogen-bond donors (Lipinski definition) is 3. The number of carbonyl (C=O) groups is 1. The molecule has 2 rings (SSSR count). The average molecular weight is 348 g/mol. The van der Waals surface area contributed by atoms with Crippen molar-refractivity contribution in [2.24, 2.45) is 0 Å². The fourth-order valence-electron chi connectivity index (χ4n) is 2.30. The number of thiophene rings is 1. The minimum atomic E-state index is -0.229. The summed E-state index contributed by atoms with van der Waals surface area (Å²) in [6, 6.07) is 13.9. The maximum atomic E-state index is 11.9. The Morgan fingerprint density at radius 2 is 2.00 bits per heavy atom. The average Bonchev–Trinajstić information content (AvgIpc) is 3.14. The van der Waals surface area contributed by atoms with Gasteiger partial charge < -0.3 is 20.5 Å². The molecule has 0 aliphatic rings. The van der Waals surface area contributed by atoms with Crippen LogP contribution in [0.15, 0.2) is 47.8 Å². The van der Waals surface area contributed by atoms with Gasteiger partial charge in [0.05, 0.1) is 19.8 Å². The Bertz CT molecular complexity index is 575. The van der Waals surface area contributed by atoms with Crippen molar-refractivity contribution in [2.75, 3.05) is 26.3 Å². The minimum absolute atomic E-state index is 0.0342. The zero-order valence-corrected chi connectivity index (χ0v) is 14.4. The molecule has 0 saturated carbocycles. The van der Waals surface area contributed by atoms with E-state index in [1.807, 2.05) is 35.7 Å². The van der Waals surface area contributed by atoms with Crippen molar-refractivity contribution in [3.8, 4) is 0 Å². The van der Waals surface area contributed by atoms with Crippen LogP contribution in [0.1, 0.15) is 23.0 Å². The van der Waals surface area contributed by atoms with Gasteiger partial charge in [0.2, 0.25) is 0 Å². The third kappa shape index (κ3) is 6.70. The Balaban J connectivity index is 1.65. The second-order valence-electron chi connectivity index (χ2n) is 5.32. The first-order valence-corrected chi connectivity index (χ1v) is 8.99. The molecule has 0 radical (unpaired) electrons. The molecule has 2 amide bonds. The minimum Gasteiger partial charge on any atom is -0.394 e. The second kappa shape index (κ2) is 10.8. The molecule has 5 nitrogen and oxygen atoms in total. The van der Waals surface area contributed by atoms with Crippen molar-refractivity contribution < 1.29 is 14.6 Å². The number of aryl methyl sites for hydroxylation is 1. The van der Waals surface area contributed by atoms with E-state index in [1.165, 1.54) is 5.56 Å². The maximum absolute atomic E-state index is 11.9. The summed E-state index contributed by atoms with van der Waals surface area (Å²) in [4.78, 5) is 12.9. The molecule has 0 unspecified atom stereocenters. The highest BCUT2D eigenvalue weighted by atomic mass is 32.1. The van der Waals surface area contributed by atoms with Crippen molar-refractivity contribution in [3.63, 3.8) is 0 Å². The number of carbonyl (C=O) groups excluding carboxylic acids is 1. The van der Waals surface area contributed by atoms with Crippen LogP contribution in [0.5, 0.6) is 0 Å². The van der Waals surface area contributed by atoms with Gasteiger partial charge in [0, 0.05) is 11.4 Å². The number of aliphatic hydroxyl groups excluding tert-OH is 1. The van der Waals surface area contributed by atoms with E-state index in [0.717, 1.165) is 17.7 Å². The predicted octanol–water partition coefficient (Wildman–Crippen LogP) is 2.73. The van der Waals surface area contributed by atoms with Gasteiger partial charge in [-0.05, 0) is 29.9 Å². The lowest BCUT2D eigenvalue weighted by Crippen LogP contribution is -2.38. The Morgan fingerprint density at radius 3 is 2.71 bits per heavy atom. The lowest BCUT2D eigenvalue weighted by Gasteiger charge is -2.17. The van der Waals surface area contributed by atoms with Crippen LogP contribution in [-0.2, 0) is 11.2 Å². The lowest BCUT2D eigenvalue weighted by molar-refractivity contribution is 0.0314. The third-order valence-electron chi connectivity index (χ3n) is 3.49. The Morgan fingerprint density at radius 1 is 1.17 bits per heavy atom. The molecule has 1 aromatic carbocycles. The zero-order valence-electron chi connectivity index (χ0n) is 13.6. The zero-order chi connectivity index (χ0) is 17.0. The summed E-state index contributed by atoms with van der Waals surface area (Å²) in [5.74, 6) is 0. The molecule has 0 saturated heterocycles. The molecular formula is C18H24N2O3S. The summed E-state index contributed by atoms with van der Waals surface area (Å²) in [6.07, 6.45) is 1.61. The monoisotopic (exact) mass is 348 g/mol. The van der Waals surface area contributed by atoms with Gasteiger partial charge in [-0.25, -0.2) is 4.79 Å². The van der Waals surface area contributed by atoms with Crippen LogP contribution >= 0.6 is 11.3 Å². The number of rotatable bonds is 10. The molecule has 3 N–H and O–H groups in total. The molecule has 0 fully saturated rings. The normalized spacial score (nSPS) is 11.9. The van der Waals surface area contributed by atoms with Gasteiger partial charge in [0.15, 0.2) is 0 Å². The van der Waals surface area contributed by atoms with Crippen LogP contribution in [0.25, 0.3) is 0 Å². The second-order valence-corrected chi connectivity index (χ2v) is 6.30. The number of benzene rings is 1. The number of nitrogens with one attached hydrogen (secondary N) is 2. The lowest BCUT2D eigenvalue weighted by atomic mass is 10.1. The first kappa shape index (κ1) is 18.4. The number of urea groups is 1. The van der Waals surface area contributed by atoms with E-state index in [-0.39, 0.29) is 25.3 Å². The van der Waals surface area contributed by atoms with Gasteiger partial charge in [0.1, 0.15) is 6.10 Å². The molecule has 0 spiro atoms. The topological polar surface area (TPSA) is 70.6 Å². The van der Waals surface area contributed by atoms with E-state index in [1.54, 1.807) is 11.3 Å². The van der Waals surface area contributed by atoms with Crippen LogP contribution in [0.3, 0.4) is 0 Å². The SMILES string of the molecule is O=C(NCCCc1ccccc1)NC[C@H](OCCO)c1cccs1. The smallest absolute Gasteiger partial charge is 0.314 e. The highest BCUT2D eigenvalue weighted by Gasteiger charge is 2.14. The highest BCUT2D eigenvalue weighted by Crippen LogP contribution is 2.21. The van der Waals surface area contributed by atoms with Gasteiger partial charge in [-0.1, -0.05) is 36.4 Å². The molecule has 24 heavy (non-hydrogen) atoms. The Hall–Kier alpha value is -1.89. The van der Waals surface area contributed by atoms with Gasteiger partial charge in [-0.3, -0.25) is 0 Å². The van der Waals surface area contributed by atoms with E-state index in [9.17, 15) is 4.79 Å². The van der Waals surface area contributed by atoms with Crippen molar-refractivity contribution in [1.29, 1.82) is 0 Å². The van der Waals surface area contributed by atoms with E-state index >= 15 is 0 Å². The Labute approximate surface area is 146 Å². The van der Waals surface area contributed by atoms with Gasteiger partial charge in [-0.2, -0.15) is 0 Å². The van der Waals surface area contributed by atoms with Crippen molar-refractivity contribution >= 4 is 17.4 Å². The van der Waals surface area contributed by atoms with Crippen LogP contribution in [0.2, 0.25) is 0 Å². The molecule has 1 atom stereocenters. The van der Waals surface area contributed by atoms with Crippen molar-refractivity contribution in [1.82, 2.24) is 10.6 Å². The highest BCUT2D eigenvalue weighted by molar-refractivity contribution is 7.10. The number of aliphatic hydroxyl groups is 1. The van der Waals surface area contributed by atoms with Crippen molar-refractivity contribution in [2.45, 2.75) is 18.9 Å². The van der Waals surface area contributed by atoms with E-state index in [0.29, 0.717) is 13.1 Å². The summed E-state index contributed by atoms with van der Waals surface area (Å²) >= 11 is 1.57. The molecule has 1 aromatic heterocycles. The first-order valence-electron chi connectivity index (χ1n) is 8.11. The molecule has 6 heteroatoms. The summed E-state index contributed by atoms with van der Waals surface area (Å²) in [7, 11) is 0. The molecule has 2 aromatic rings. The molecule has 1 heterocycles. The van der Waals surface area contributed by atoms with E-state index in [2.05, 4.69) is 22.8 Å². The Kier molecular flexibility index (Phi) is 8.31. The standard InChI is InChI=1S/C18H24N2O3S/c21-11-12-23-16(17-9-5-13-24-17)14-20-18(22)19-10-4-8-15-6-2-1-3-7-15/h1-3,5-7,9,13,16,21H,4,8,10-12,14H2,(H2,19,20,22)/t16-/m0/s1.